The molecule has 0 bridgehead atoms. The van der Waals surface area contributed by atoms with Crippen molar-refractivity contribution in [2.24, 2.45) is 0 Å². The van der Waals surface area contributed by atoms with E-state index in [1.165, 1.54) is 6.92 Å². The molecule has 0 aromatic rings. The van der Waals surface area contributed by atoms with E-state index in [1.54, 1.807) is 0 Å². The average Bonchev–Trinajstić information content (AvgIpc) is 2.21. The predicted molar refractivity (Wildman–Crippen MR) is 60.6 cm³/mol. The van der Waals surface area contributed by atoms with Gasteiger partial charge in [0.25, 0.3) is 0 Å². The van der Waals surface area contributed by atoms with Crippen LogP contribution in [0.5, 0.6) is 0 Å². The van der Waals surface area contributed by atoms with Gasteiger partial charge >= 0.3 is 0 Å². The summed E-state index contributed by atoms with van der Waals surface area (Å²) in [6, 6.07) is 0. The Bertz CT molecular complexity index is 137. The van der Waals surface area contributed by atoms with E-state index in [1.807, 2.05) is 18.7 Å². The van der Waals surface area contributed by atoms with E-state index >= 15 is 0 Å². The first-order valence-corrected chi connectivity index (χ1v) is 5.39. The van der Waals surface area contributed by atoms with Crippen LogP contribution in [0.2, 0.25) is 0 Å². The molecule has 0 aliphatic heterocycles. The number of carbonyl (C=O) groups excluding carboxylic acids is 1. The van der Waals surface area contributed by atoms with Crippen molar-refractivity contribution in [3.05, 3.63) is 0 Å². The van der Waals surface area contributed by atoms with E-state index in [4.69, 9.17) is 10.2 Å². The van der Waals surface area contributed by atoms with Crippen molar-refractivity contribution < 1.29 is 15.0 Å². The number of hydrogen-bond acceptors (Lipinski definition) is 4. The highest BCUT2D eigenvalue weighted by atomic mass is 16.3. The molecule has 0 aromatic heterocycles. The zero-order valence-corrected chi connectivity index (χ0v) is 9.99. The summed E-state index contributed by atoms with van der Waals surface area (Å²) in [6.45, 7) is 7.86. The normalized spacial score (nSPS) is 9.47. The topological polar surface area (TPSA) is 72.8 Å². The Morgan fingerprint density at radius 2 is 1.60 bits per heavy atom. The van der Waals surface area contributed by atoms with Crippen molar-refractivity contribution in [3.8, 4) is 0 Å². The van der Waals surface area contributed by atoms with Gasteiger partial charge in [-0.2, -0.15) is 0 Å². The maximum absolute atomic E-state index is 10.5. The number of aliphatic hydroxyl groups excluding tert-OH is 2. The maximum Gasteiger partial charge on any atom is 0.216 e. The summed E-state index contributed by atoms with van der Waals surface area (Å²) in [5.74, 6) is -0.0621. The third kappa shape index (κ3) is 13.3. The van der Waals surface area contributed by atoms with Crippen LogP contribution in [0.1, 0.15) is 20.8 Å². The van der Waals surface area contributed by atoms with Crippen molar-refractivity contribution in [3.63, 3.8) is 0 Å². The number of rotatable bonds is 7. The number of amides is 1. The smallest absolute Gasteiger partial charge is 0.216 e. The third-order valence-electron chi connectivity index (χ3n) is 1.63. The lowest BCUT2D eigenvalue weighted by molar-refractivity contribution is -0.119. The zero-order valence-electron chi connectivity index (χ0n) is 9.99. The second-order valence-corrected chi connectivity index (χ2v) is 2.77. The highest BCUT2D eigenvalue weighted by molar-refractivity contribution is 5.72. The van der Waals surface area contributed by atoms with Crippen LogP contribution in [0.4, 0.5) is 0 Å². The SMILES string of the molecule is CC.CC(=O)NCCN(CCO)CCO. The van der Waals surface area contributed by atoms with Crippen molar-refractivity contribution >= 4 is 5.91 Å². The molecule has 3 N–H and O–H groups in total. The minimum absolute atomic E-state index is 0.0621. The standard InChI is InChI=1S/C8H18N2O3.C2H6/c1-8(13)9-2-3-10(4-6-11)5-7-12;1-2/h11-12H,2-7H2,1H3,(H,9,13);1-2H3. The van der Waals surface area contributed by atoms with Crippen molar-refractivity contribution in [1.82, 2.24) is 10.2 Å². The van der Waals surface area contributed by atoms with Gasteiger partial charge in [0.15, 0.2) is 0 Å². The Balaban J connectivity index is 0. The molecule has 0 unspecified atom stereocenters. The molecule has 0 radical (unpaired) electrons. The largest absolute Gasteiger partial charge is 0.395 e. The summed E-state index contributed by atoms with van der Waals surface area (Å²) in [4.78, 5) is 12.4. The molecule has 0 spiro atoms. The van der Waals surface area contributed by atoms with Gasteiger partial charge < -0.3 is 15.5 Å². The molecule has 92 valence electrons. The van der Waals surface area contributed by atoms with E-state index in [-0.39, 0.29) is 19.1 Å². The molecule has 5 heteroatoms. The van der Waals surface area contributed by atoms with Gasteiger partial charge in [-0.3, -0.25) is 9.69 Å². The van der Waals surface area contributed by atoms with Crippen LogP contribution in [0.3, 0.4) is 0 Å². The summed E-state index contributed by atoms with van der Waals surface area (Å²) in [5.41, 5.74) is 0. The second-order valence-electron chi connectivity index (χ2n) is 2.77. The number of nitrogens with zero attached hydrogens (tertiary/aromatic N) is 1. The fourth-order valence-electron chi connectivity index (χ4n) is 1.01. The van der Waals surface area contributed by atoms with Gasteiger partial charge in [-0.1, -0.05) is 13.8 Å². The number of aliphatic hydroxyl groups is 2. The van der Waals surface area contributed by atoms with E-state index < -0.39 is 0 Å². The van der Waals surface area contributed by atoms with Gasteiger partial charge in [-0.05, 0) is 0 Å². The minimum atomic E-state index is -0.0621. The first-order valence-electron chi connectivity index (χ1n) is 5.39. The van der Waals surface area contributed by atoms with Crippen molar-refractivity contribution in [2.75, 3.05) is 39.4 Å². The molecule has 1 amide bonds. The molecule has 15 heavy (non-hydrogen) atoms. The van der Waals surface area contributed by atoms with E-state index in [2.05, 4.69) is 5.32 Å². The summed E-state index contributed by atoms with van der Waals surface area (Å²) < 4.78 is 0. The Kier molecular flexibility index (Phi) is 14.9. The molecule has 0 atom stereocenters. The lowest BCUT2D eigenvalue weighted by atomic mass is 10.4. The highest BCUT2D eigenvalue weighted by Crippen LogP contribution is 1.84. The molecule has 0 aliphatic rings. The summed E-state index contributed by atoms with van der Waals surface area (Å²) in [6.07, 6.45) is 0. The van der Waals surface area contributed by atoms with Gasteiger partial charge in [0.1, 0.15) is 0 Å². The zero-order chi connectivity index (χ0) is 12.1. The van der Waals surface area contributed by atoms with Crippen LogP contribution in [-0.4, -0.2) is 60.4 Å². The molecular weight excluding hydrogens is 196 g/mol. The lowest BCUT2D eigenvalue weighted by Crippen LogP contribution is -2.37. The predicted octanol–water partition coefficient (Wildman–Crippen LogP) is -0.565. The van der Waals surface area contributed by atoms with E-state index in [0.29, 0.717) is 26.2 Å². The highest BCUT2D eigenvalue weighted by Gasteiger charge is 2.02. The molecule has 0 saturated heterocycles. The quantitative estimate of drug-likeness (QED) is 0.537. The number of hydrogen-bond donors (Lipinski definition) is 3. The molecule has 5 nitrogen and oxygen atoms in total. The van der Waals surface area contributed by atoms with Crippen LogP contribution in [-0.2, 0) is 4.79 Å². The Morgan fingerprint density at radius 1 is 1.13 bits per heavy atom. The number of carbonyl (C=O) groups is 1. The fraction of sp³-hybridized carbons (Fsp3) is 0.900. The fourth-order valence-corrected chi connectivity index (χ4v) is 1.01. The van der Waals surface area contributed by atoms with Crippen LogP contribution in [0, 0.1) is 0 Å². The van der Waals surface area contributed by atoms with Gasteiger partial charge in [0.2, 0.25) is 5.91 Å². The molecule has 0 fully saturated rings. The van der Waals surface area contributed by atoms with Crippen LogP contribution in [0.25, 0.3) is 0 Å². The van der Waals surface area contributed by atoms with Gasteiger partial charge in [0, 0.05) is 33.1 Å². The Labute approximate surface area is 92.1 Å². The van der Waals surface area contributed by atoms with Crippen LogP contribution >= 0.6 is 0 Å². The average molecular weight is 220 g/mol. The molecule has 0 heterocycles. The number of nitrogens with one attached hydrogen (secondary N) is 1. The van der Waals surface area contributed by atoms with Gasteiger partial charge in [-0.25, -0.2) is 0 Å². The first kappa shape index (κ1) is 16.8. The summed E-state index contributed by atoms with van der Waals surface area (Å²) >= 11 is 0. The second kappa shape index (κ2) is 13.4. The van der Waals surface area contributed by atoms with Gasteiger partial charge in [0.05, 0.1) is 13.2 Å². The molecule has 0 aromatic carbocycles. The maximum atomic E-state index is 10.5. The van der Waals surface area contributed by atoms with Crippen LogP contribution < -0.4 is 5.32 Å². The molecule has 0 saturated carbocycles. The Morgan fingerprint density at radius 3 is 1.93 bits per heavy atom. The summed E-state index contributed by atoms with van der Waals surface area (Å²) in [7, 11) is 0. The van der Waals surface area contributed by atoms with Crippen LogP contribution in [0.15, 0.2) is 0 Å². The van der Waals surface area contributed by atoms with Gasteiger partial charge in [-0.15, -0.1) is 0 Å². The first-order chi connectivity index (χ1) is 7.20. The monoisotopic (exact) mass is 220 g/mol. The van der Waals surface area contributed by atoms with Crippen molar-refractivity contribution in [2.45, 2.75) is 20.8 Å². The lowest BCUT2D eigenvalue weighted by Gasteiger charge is -2.19. The molecule has 0 rings (SSSR count). The van der Waals surface area contributed by atoms with E-state index in [0.717, 1.165) is 0 Å². The molecule has 0 aliphatic carbocycles. The third-order valence-corrected chi connectivity index (χ3v) is 1.63. The van der Waals surface area contributed by atoms with E-state index in [9.17, 15) is 4.79 Å². The minimum Gasteiger partial charge on any atom is -0.395 e. The van der Waals surface area contributed by atoms with Crippen molar-refractivity contribution in [1.29, 1.82) is 0 Å². The Hall–Kier alpha value is -0.650. The molecular formula is C10H24N2O3. The summed E-state index contributed by atoms with van der Waals surface area (Å²) in [5, 5.41) is 20.0.